The normalized spacial score (nSPS) is 25.2. The van der Waals surface area contributed by atoms with E-state index in [1.165, 1.54) is 0 Å². The number of anilines is 1. The Hall–Kier alpha value is -1.23. The fourth-order valence-corrected chi connectivity index (χ4v) is 2.55. The third-order valence-corrected chi connectivity index (χ3v) is 3.55. The Kier molecular flexibility index (Phi) is 2.28. The van der Waals surface area contributed by atoms with Gasteiger partial charge in [-0.3, -0.25) is 10.00 Å². The van der Waals surface area contributed by atoms with Crippen molar-refractivity contribution >= 4 is 5.82 Å². The predicted molar refractivity (Wildman–Crippen MR) is 61.9 cm³/mol. The largest absolute Gasteiger partial charge is 0.486 e. The molecule has 0 saturated carbocycles. The van der Waals surface area contributed by atoms with Crippen LogP contribution in [-0.4, -0.2) is 53.4 Å². The lowest BCUT2D eigenvalue weighted by Gasteiger charge is -2.45. The molecule has 0 amide bonds. The lowest BCUT2D eigenvalue weighted by atomic mass is 10.1. The summed E-state index contributed by atoms with van der Waals surface area (Å²) in [6, 6.07) is 1.08. The van der Waals surface area contributed by atoms with E-state index >= 15 is 0 Å². The molecule has 1 unspecified atom stereocenters. The average Bonchev–Trinajstić information content (AvgIpc) is 2.76. The Balaban J connectivity index is 1.80. The maximum atomic E-state index is 5.70. The van der Waals surface area contributed by atoms with Gasteiger partial charge in [0.2, 0.25) is 0 Å². The minimum Gasteiger partial charge on any atom is -0.486 e. The van der Waals surface area contributed by atoms with Gasteiger partial charge in [0.1, 0.15) is 6.61 Å². The third kappa shape index (κ3) is 1.46. The molecule has 2 aliphatic rings. The molecule has 5 heteroatoms. The van der Waals surface area contributed by atoms with E-state index in [0.717, 1.165) is 37.8 Å². The summed E-state index contributed by atoms with van der Waals surface area (Å²) < 4.78 is 5.70. The van der Waals surface area contributed by atoms with Crippen LogP contribution in [0.3, 0.4) is 0 Å². The summed E-state index contributed by atoms with van der Waals surface area (Å²) in [5.74, 6) is 1.95. The van der Waals surface area contributed by atoms with Crippen LogP contribution < -0.4 is 9.64 Å². The summed E-state index contributed by atoms with van der Waals surface area (Å²) >= 11 is 0. The van der Waals surface area contributed by atoms with Crippen molar-refractivity contribution in [3.63, 3.8) is 0 Å². The maximum Gasteiger partial charge on any atom is 0.181 e. The number of nitrogens with one attached hydrogen (secondary N) is 1. The topological polar surface area (TPSA) is 44.4 Å². The SMILES string of the molecule is CC(C)N1CCN2c3[nH]ncc3OCC2C1. The van der Waals surface area contributed by atoms with E-state index in [2.05, 4.69) is 33.8 Å². The van der Waals surface area contributed by atoms with Crippen molar-refractivity contribution in [3.05, 3.63) is 6.20 Å². The van der Waals surface area contributed by atoms with Crippen LogP contribution in [0.1, 0.15) is 13.8 Å². The molecule has 0 aliphatic carbocycles. The van der Waals surface area contributed by atoms with Crippen LogP contribution >= 0.6 is 0 Å². The first-order chi connectivity index (χ1) is 7.75. The lowest BCUT2D eigenvalue weighted by Crippen LogP contribution is -2.58. The number of hydrogen-bond acceptors (Lipinski definition) is 4. The number of piperazine rings is 1. The van der Waals surface area contributed by atoms with E-state index in [0.29, 0.717) is 12.1 Å². The number of fused-ring (bicyclic) bond motifs is 3. The van der Waals surface area contributed by atoms with Crippen molar-refractivity contribution in [1.82, 2.24) is 15.1 Å². The molecule has 3 heterocycles. The Bertz CT molecular complexity index is 376. The first-order valence-electron chi connectivity index (χ1n) is 5.92. The van der Waals surface area contributed by atoms with Gasteiger partial charge in [-0.25, -0.2) is 0 Å². The zero-order chi connectivity index (χ0) is 11.1. The molecular formula is C11H18N4O. The van der Waals surface area contributed by atoms with Gasteiger partial charge in [-0.1, -0.05) is 0 Å². The second-order valence-electron chi connectivity index (χ2n) is 4.83. The van der Waals surface area contributed by atoms with Crippen molar-refractivity contribution in [1.29, 1.82) is 0 Å². The molecule has 1 saturated heterocycles. The van der Waals surface area contributed by atoms with Crippen molar-refractivity contribution in [2.45, 2.75) is 25.9 Å². The van der Waals surface area contributed by atoms with Crippen LogP contribution in [0.4, 0.5) is 5.82 Å². The van der Waals surface area contributed by atoms with Crippen LogP contribution in [0, 0.1) is 0 Å². The first kappa shape index (κ1) is 9.96. The molecule has 1 fully saturated rings. The fourth-order valence-electron chi connectivity index (χ4n) is 2.55. The van der Waals surface area contributed by atoms with Crippen molar-refractivity contribution in [3.8, 4) is 5.75 Å². The number of nitrogens with zero attached hydrogens (tertiary/aromatic N) is 3. The standard InChI is InChI=1S/C11H18N4O/c1-8(2)14-3-4-15-9(6-14)7-16-10-5-12-13-11(10)15/h5,8-9H,3-4,6-7H2,1-2H3,(H,12,13). The van der Waals surface area contributed by atoms with Crippen molar-refractivity contribution < 1.29 is 4.74 Å². The van der Waals surface area contributed by atoms with E-state index in [4.69, 9.17) is 4.74 Å². The van der Waals surface area contributed by atoms with Crippen LogP contribution in [0.2, 0.25) is 0 Å². The molecule has 1 aromatic rings. The van der Waals surface area contributed by atoms with E-state index in [1.807, 2.05) is 0 Å². The molecule has 0 bridgehead atoms. The summed E-state index contributed by atoms with van der Waals surface area (Å²) in [4.78, 5) is 4.90. The van der Waals surface area contributed by atoms with Crippen molar-refractivity contribution in [2.24, 2.45) is 0 Å². The Morgan fingerprint density at radius 2 is 2.38 bits per heavy atom. The third-order valence-electron chi connectivity index (χ3n) is 3.55. The second kappa shape index (κ2) is 3.66. The van der Waals surface area contributed by atoms with Gasteiger partial charge in [0.05, 0.1) is 12.2 Å². The fraction of sp³-hybridized carbons (Fsp3) is 0.727. The van der Waals surface area contributed by atoms with Gasteiger partial charge in [-0.05, 0) is 13.8 Å². The van der Waals surface area contributed by atoms with Gasteiger partial charge in [0.25, 0.3) is 0 Å². The van der Waals surface area contributed by atoms with Gasteiger partial charge in [-0.2, -0.15) is 5.10 Å². The summed E-state index contributed by atoms with van der Waals surface area (Å²) in [7, 11) is 0. The van der Waals surface area contributed by atoms with Gasteiger partial charge < -0.3 is 9.64 Å². The van der Waals surface area contributed by atoms with Gasteiger partial charge in [0, 0.05) is 25.7 Å². The number of hydrogen-bond donors (Lipinski definition) is 1. The molecule has 0 spiro atoms. The minimum absolute atomic E-state index is 0.462. The molecule has 1 N–H and O–H groups in total. The second-order valence-corrected chi connectivity index (χ2v) is 4.83. The van der Waals surface area contributed by atoms with Crippen LogP contribution in [0.5, 0.6) is 5.75 Å². The average molecular weight is 222 g/mol. The van der Waals surface area contributed by atoms with Gasteiger partial charge >= 0.3 is 0 Å². The maximum absolute atomic E-state index is 5.70. The van der Waals surface area contributed by atoms with Crippen molar-refractivity contribution in [2.75, 3.05) is 31.1 Å². The quantitative estimate of drug-likeness (QED) is 0.759. The highest BCUT2D eigenvalue weighted by molar-refractivity contribution is 5.54. The Morgan fingerprint density at radius 3 is 3.19 bits per heavy atom. The van der Waals surface area contributed by atoms with Gasteiger partial charge in [0.15, 0.2) is 11.6 Å². The minimum atomic E-state index is 0.462. The zero-order valence-electron chi connectivity index (χ0n) is 9.81. The molecule has 0 radical (unpaired) electrons. The summed E-state index contributed by atoms with van der Waals surface area (Å²) in [5.41, 5.74) is 0. The van der Waals surface area contributed by atoms with Crippen LogP contribution in [-0.2, 0) is 0 Å². The summed E-state index contributed by atoms with van der Waals surface area (Å²) in [6.07, 6.45) is 1.76. The van der Waals surface area contributed by atoms with E-state index in [9.17, 15) is 0 Å². The summed E-state index contributed by atoms with van der Waals surface area (Å²) in [6.45, 7) is 8.53. The molecule has 1 aromatic heterocycles. The van der Waals surface area contributed by atoms with Gasteiger partial charge in [-0.15, -0.1) is 0 Å². The molecule has 1 atom stereocenters. The number of aromatic nitrogens is 2. The van der Waals surface area contributed by atoms with E-state index in [-0.39, 0.29) is 0 Å². The van der Waals surface area contributed by atoms with Crippen LogP contribution in [0.25, 0.3) is 0 Å². The first-order valence-corrected chi connectivity index (χ1v) is 5.92. The highest BCUT2D eigenvalue weighted by Gasteiger charge is 2.34. The molecule has 5 nitrogen and oxygen atoms in total. The van der Waals surface area contributed by atoms with E-state index < -0.39 is 0 Å². The smallest absolute Gasteiger partial charge is 0.181 e. The Morgan fingerprint density at radius 1 is 1.50 bits per heavy atom. The Labute approximate surface area is 95.4 Å². The van der Waals surface area contributed by atoms with E-state index in [1.54, 1.807) is 6.20 Å². The molecule has 3 rings (SSSR count). The van der Waals surface area contributed by atoms with Crippen LogP contribution in [0.15, 0.2) is 6.20 Å². The molecule has 88 valence electrons. The molecule has 2 aliphatic heterocycles. The predicted octanol–water partition coefficient (Wildman–Crippen LogP) is 0.701. The molecular weight excluding hydrogens is 204 g/mol. The zero-order valence-corrected chi connectivity index (χ0v) is 9.81. The highest BCUT2D eigenvalue weighted by Crippen LogP contribution is 2.32. The monoisotopic (exact) mass is 222 g/mol. The number of rotatable bonds is 1. The molecule has 16 heavy (non-hydrogen) atoms. The summed E-state index contributed by atoms with van der Waals surface area (Å²) in [5, 5.41) is 7.08. The highest BCUT2D eigenvalue weighted by atomic mass is 16.5. The number of H-pyrrole nitrogens is 1. The number of aromatic amines is 1. The molecule has 0 aromatic carbocycles. The lowest BCUT2D eigenvalue weighted by molar-refractivity contribution is 0.141. The number of ether oxygens (including phenoxy) is 1.